The van der Waals surface area contributed by atoms with Gasteiger partial charge in [-0.3, -0.25) is 4.79 Å². The van der Waals surface area contributed by atoms with E-state index < -0.39 is 11.9 Å². The number of carbonyl (C=O) groups is 2. The van der Waals surface area contributed by atoms with E-state index in [4.69, 9.17) is 27.9 Å². The molecule has 0 aliphatic rings. The highest BCUT2D eigenvalue weighted by Gasteiger charge is 2.14. The lowest BCUT2D eigenvalue weighted by Crippen LogP contribution is -2.15. The number of carbonyl (C=O) groups excluding carboxylic acids is 2. The zero-order valence-corrected chi connectivity index (χ0v) is 17.2. The minimum absolute atomic E-state index is 0.190. The van der Waals surface area contributed by atoms with Gasteiger partial charge in [-0.2, -0.15) is 5.26 Å². The molecule has 0 atom stereocenters. The minimum Gasteiger partial charge on any atom is -0.462 e. The van der Waals surface area contributed by atoms with Crippen LogP contribution in [0.15, 0.2) is 54.2 Å². The third kappa shape index (κ3) is 6.53. The van der Waals surface area contributed by atoms with Crippen LogP contribution in [0.2, 0.25) is 10.0 Å². The topological polar surface area (TPSA) is 91.2 Å². The molecule has 0 aliphatic heterocycles. The predicted octanol–water partition coefficient (Wildman–Crippen LogP) is 5.41. The minimum atomic E-state index is -0.638. The summed E-state index contributed by atoms with van der Waals surface area (Å²) in [4.78, 5) is 24.6. The van der Waals surface area contributed by atoms with Gasteiger partial charge in [0.25, 0.3) is 5.91 Å². The van der Waals surface area contributed by atoms with E-state index in [0.717, 1.165) is 12.8 Å². The average Bonchev–Trinajstić information content (AvgIpc) is 2.71. The molecule has 2 aromatic carbocycles. The Hall–Kier alpha value is -3.01. The standard InChI is InChI=1S/C21H19Cl2N3O3/c1-2-3-10-29-21(28)16-6-4-5-7-19(16)25-13-14(12-24)20(27)26-15-8-9-17(22)18(23)11-15/h4-9,11,13,25H,2-3,10H2,1H3,(H,26,27)/b14-13-. The lowest BCUT2D eigenvalue weighted by Gasteiger charge is -2.10. The monoisotopic (exact) mass is 431 g/mol. The number of esters is 1. The van der Waals surface area contributed by atoms with Crippen molar-refractivity contribution in [3.8, 4) is 6.07 Å². The molecule has 0 aromatic heterocycles. The fraction of sp³-hybridized carbons (Fsp3) is 0.190. The summed E-state index contributed by atoms with van der Waals surface area (Å²) in [5.41, 5.74) is 0.932. The molecule has 0 saturated heterocycles. The summed E-state index contributed by atoms with van der Waals surface area (Å²) in [7, 11) is 0. The third-order valence-corrected chi connectivity index (χ3v) is 4.53. The number of halogens is 2. The second-order valence-electron chi connectivity index (χ2n) is 5.93. The van der Waals surface area contributed by atoms with E-state index in [2.05, 4.69) is 10.6 Å². The maximum absolute atomic E-state index is 12.3. The van der Waals surface area contributed by atoms with E-state index >= 15 is 0 Å². The van der Waals surface area contributed by atoms with E-state index in [9.17, 15) is 14.9 Å². The Morgan fingerprint density at radius 1 is 1.17 bits per heavy atom. The van der Waals surface area contributed by atoms with Crippen LogP contribution in [0.5, 0.6) is 0 Å². The first-order valence-electron chi connectivity index (χ1n) is 8.85. The van der Waals surface area contributed by atoms with Crippen molar-refractivity contribution in [3.63, 3.8) is 0 Å². The zero-order valence-electron chi connectivity index (χ0n) is 15.7. The van der Waals surface area contributed by atoms with E-state index in [1.807, 2.05) is 13.0 Å². The number of amides is 1. The highest BCUT2D eigenvalue weighted by atomic mass is 35.5. The molecule has 0 radical (unpaired) electrons. The van der Waals surface area contributed by atoms with Crippen LogP contribution in [0.1, 0.15) is 30.1 Å². The number of ether oxygens (including phenoxy) is 1. The molecule has 29 heavy (non-hydrogen) atoms. The first-order chi connectivity index (χ1) is 14.0. The van der Waals surface area contributed by atoms with Gasteiger partial charge in [0, 0.05) is 11.9 Å². The number of anilines is 2. The zero-order chi connectivity index (χ0) is 21.2. The average molecular weight is 432 g/mol. The van der Waals surface area contributed by atoms with Crippen LogP contribution >= 0.6 is 23.2 Å². The molecule has 0 bridgehead atoms. The van der Waals surface area contributed by atoms with Crippen molar-refractivity contribution in [1.82, 2.24) is 0 Å². The van der Waals surface area contributed by atoms with Gasteiger partial charge in [0.2, 0.25) is 0 Å². The van der Waals surface area contributed by atoms with E-state index in [1.165, 1.54) is 18.3 Å². The highest BCUT2D eigenvalue weighted by molar-refractivity contribution is 6.42. The van der Waals surface area contributed by atoms with Crippen LogP contribution < -0.4 is 10.6 Å². The smallest absolute Gasteiger partial charge is 0.340 e. The lowest BCUT2D eigenvalue weighted by molar-refractivity contribution is -0.112. The van der Waals surface area contributed by atoms with Crippen molar-refractivity contribution in [3.05, 3.63) is 69.8 Å². The fourth-order valence-electron chi connectivity index (χ4n) is 2.24. The summed E-state index contributed by atoms with van der Waals surface area (Å²) in [6, 6.07) is 13.1. The molecule has 8 heteroatoms. The van der Waals surface area contributed by atoms with Crippen molar-refractivity contribution in [2.45, 2.75) is 19.8 Å². The van der Waals surface area contributed by atoms with Crippen LogP contribution in [0.3, 0.4) is 0 Å². The van der Waals surface area contributed by atoms with E-state index in [-0.39, 0.29) is 10.6 Å². The van der Waals surface area contributed by atoms with Gasteiger partial charge in [0.05, 0.1) is 27.9 Å². The Morgan fingerprint density at radius 3 is 2.62 bits per heavy atom. The van der Waals surface area contributed by atoms with Gasteiger partial charge in [-0.1, -0.05) is 48.7 Å². The van der Waals surface area contributed by atoms with Gasteiger partial charge in [0.15, 0.2) is 0 Å². The molecule has 2 N–H and O–H groups in total. The van der Waals surface area contributed by atoms with Crippen LogP contribution in [0, 0.1) is 11.3 Å². The fourth-order valence-corrected chi connectivity index (χ4v) is 2.54. The Morgan fingerprint density at radius 2 is 1.93 bits per heavy atom. The Balaban J connectivity index is 2.12. The molecule has 0 spiro atoms. The maximum atomic E-state index is 12.3. The molecule has 150 valence electrons. The van der Waals surface area contributed by atoms with Gasteiger partial charge >= 0.3 is 5.97 Å². The van der Waals surface area contributed by atoms with Crippen molar-refractivity contribution in [1.29, 1.82) is 5.26 Å². The maximum Gasteiger partial charge on any atom is 0.340 e. The first-order valence-corrected chi connectivity index (χ1v) is 9.61. The molecular weight excluding hydrogens is 413 g/mol. The van der Waals surface area contributed by atoms with Gasteiger partial charge in [-0.05, 0) is 36.8 Å². The van der Waals surface area contributed by atoms with Crippen molar-refractivity contribution >= 4 is 46.5 Å². The largest absolute Gasteiger partial charge is 0.462 e. The summed E-state index contributed by atoms with van der Waals surface area (Å²) in [6.45, 7) is 2.33. The van der Waals surface area contributed by atoms with E-state index in [0.29, 0.717) is 28.6 Å². The summed E-state index contributed by atoms with van der Waals surface area (Å²) in [5, 5.41) is 15.3. The van der Waals surface area contributed by atoms with Crippen molar-refractivity contribution < 1.29 is 14.3 Å². The number of benzene rings is 2. The van der Waals surface area contributed by atoms with E-state index in [1.54, 1.807) is 30.3 Å². The summed E-state index contributed by atoms with van der Waals surface area (Å²) in [5.74, 6) is -1.12. The molecule has 6 nitrogen and oxygen atoms in total. The lowest BCUT2D eigenvalue weighted by atomic mass is 10.1. The third-order valence-electron chi connectivity index (χ3n) is 3.79. The highest BCUT2D eigenvalue weighted by Crippen LogP contribution is 2.25. The van der Waals surface area contributed by atoms with Gasteiger partial charge < -0.3 is 15.4 Å². The summed E-state index contributed by atoms with van der Waals surface area (Å²) >= 11 is 11.8. The van der Waals surface area contributed by atoms with Crippen LogP contribution in [0.25, 0.3) is 0 Å². The normalized spacial score (nSPS) is 10.8. The second-order valence-corrected chi connectivity index (χ2v) is 6.75. The molecule has 0 aliphatic carbocycles. The molecule has 0 unspecified atom stereocenters. The van der Waals surface area contributed by atoms with Gasteiger partial charge in [-0.25, -0.2) is 4.79 Å². The molecule has 0 fully saturated rings. The first kappa shape index (κ1) is 22.3. The van der Waals surface area contributed by atoms with Crippen LogP contribution in [0.4, 0.5) is 11.4 Å². The number of rotatable bonds is 8. The Bertz CT molecular complexity index is 968. The molecule has 2 aromatic rings. The van der Waals surface area contributed by atoms with Crippen molar-refractivity contribution in [2.75, 3.05) is 17.2 Å². The number of unbranched alkanes of at least 4 members (excludes halogenated alkanes) is 1. The van der Waals surface area contributed by atoms with Crippen LogP contribution in [-0.4, -0.2) is 18.5 Å². The molecular formula is C21H19Cl2N3O3. The summed E-state index contributed by atoms with van der Waals surface area (Å²) < 4.78 is 5.22. The Kier molecular flexibility index (Phi) is 8.53. The molecule has 0 saturated carbocycles. The second kappa shape index (κ2) is 11.1. The number of para-hydroxylation sites is 1. The molecule has 1 amide bonds. The Labute approximate surface area is 179 Å². The number of hydrogen-bond donors (Lipinski definition) is 2. The number of nitriles is 1. The van der Waals surface area contributed by atoms with Gasteiger partial charge in [0.1, 0.15) is 11.6 Å². The number of nitrogens with one attached hydrogen (secondary N) is 2. The quantitative estimate of drug-likeness (QED) is 0.252. The predicted molar refractivity (Wildman–Crippen MR) is 114 cm³/mol. The number of hydrogen-bond acceptors (Lipinski definition) is 5. The summed E-state index contributed by atoms with van der Waals surface area (Å²) in [6.07, 6.45) is 2.91. The van der Waals surface area contributed by atoms with Crippen molar-refractivity contribution in [2.24, 2.45) is 0 Å². The number of nitrogens with zero attached hydrogens (tertiary/aromatic N) is 1. The molecule has 0 heterocycles. The SMILES string of the molecule is CCCCOC(=O)c1ccccc1N/C=C(/C#N)C(=O)Nc1ccc(Cl)c(Cl)c1. The molecule has 2 rings (SSSR count). The van der Waals surface area contributed by atoms with Gasteiger partial charge in [-0.15, -0.1) is 0 Å². The van der Waals surface area contributed by atoms with Crippen LogP contribution in [-0.2, 0) is 9.53 Å².